The monoisotopic (exact) mass is 1120 g/mol. The minimum Gasteiger partial charge on any atom is -0.310 e. The van der Waals surface area contributed by atoms with Crippen molar-refractivity contribution in [3.63, 3.8) is 0 Å². The average Bonchev–Trinajstić information content (AvgIpc) is 1.54. The van der Waals surface area contributed by atoms with Crippen LogP contribution in [0.5, 0.6) is 0 Å². The molecule has 0 unspecified atom stereocenters. The molecule has 0 atom stereocenters. The number of benzene rings is 14. The fourth-order valence-electron chi connectivity index (χ4n) is 14.6. The van der Waals surface area contributed by atoms with Crippen LogP contribution in [-0.4, -0.2) is 8.80 Å². The van der Waals surface area contributed by atoms with E-state index in [1.165, 1.54) is 121 Å². The van der Waals surface area contributed by atoms with E-state index in [2.05, 4.69) is 346 Å². The van der Waals surface area contributed by atoms with Crippen LogP contribution in [0.2, 0.25) is 0 Å². The Morgan fingerprint density at radius 1 is 0.182 bits per heavy atom. The topological polar surface area (TPSA) is 15.3 Å². The Bertz CT molecular complexity index is 5520. The highest BCUT2D eigenvalue weighted by Gasteiger charge is 2.32. The van der Waals surface area contributed by atoms with Crippen LogP contribution in [0.1, 0.15) is 0 Å². The molecule has 0 aliphatic carbocycles. The smallest absolute Gasteiger partial charge is 0.0634 e. The van der Waals surface area contributed by atoms with E-state index in [9.17, 15) is 0 Å². The number of hydrogen-bond donors (Lipinski definition) is 0. The van der Waals surface area contributed by atoms with E-state index in [4.69, 9.17) is 0 Å². The molecule has 4 heteroatoms. The molecular weight excluding hydrogens is 1060 g/mol. The second-order valence-corrected chi connectivity index (χ2v) is 23.1. The molecular formula is C84H54N4. The number of aromatic nitrogens is 2. The maximum absolute atomic E-state index is 2.63. The van der Waals surface area contributed by atoms with Gasteiger partial charge in [-0.3, -0.25) is 0 Å². The van der Waals surface area contributed by atoms with Crippen LogP contribution in [0.4, 0.5) is 34.1 Å². The van der Waals surface area contributed by atoms with E-state index in [1.54, 1.807) is 0 Å². The summed E-state index contributed by atoms with van der Waals surface area (Å²) in [6.45, 7) is 0. The Balaban J connectivity index is 0.939. The van der Waals surface area contributed by atoms with Gasteiger partial charge >= 0.3 is 0 Å². The minimum absolute atomic E-state index is 1.08. The Morgan fingerprint density at radius 2 is 0.443 bits per heavy atom. The van der Waals surface area contributed by atoms with Gasteiger partial charge < -0.3 is 18.6 Å². The number of fused-ring (bicyclic) bond motifs is 12. The molecule has 0 bridgehead atoms. The summed E-state index contributed by atoms with van der Waals surface area (Å²) in [5.74, 6) is 0. The Morgan fingerprint density at radius 3 is 0.773 bits per heavy atom. The lowest BCUT2D eigenvalue weighted by Crippen LogP contribution is -2.10. The van der Waals surface area contributed by atoms with Gasteiger partial charge in [-0.1, -0.05) is 255 Å². The van der Waals surface area contributed by atoms with Crippen LogP contribution < -0.4 is 9.80 Å². The van der Waals surface area contributed by atoms with Gasteiger partial charge in [-0.05, 0) is 117 Å². The molecule has 0 fully saturated rings. The third-order valence-corrected chi connectivity index (χ3v) is 18.3. The first kappa shape index (κ1) is 49.7. The van der Waals surface area contributed by atoms with Crippen molar-refractivity contribution in [2.45, 2.75) is 0 Å². The van der Waals surface area contributed by atoms with Crippen LogP contribution >= 0.6 is 0 Å². The highest BCUT2D eigenvalue weighted by Crippen LogP contribution is 2.56. The number of anilines is 6. The fraction of sp³-hybridized carbons (Fsp3) is 0. The maximum Gasteiger partial charge on any atom is 0.0634 e. The molecule has 0 saturated heterocycles. The van der Waals surface area contributed by atoms with Gasteiger partial charge in [0.1, 0.15) is 0 Å². The lowest BCUT2D eigenvalue weighted by atomic mass is 9.89. The summed E-state index contributed by atoms with van der Waals surface area (Å²) >= 11 is 0. The van der Waals surface area contributed by atoms with Gasteiger partial charge in [-0.2, -0.15) is 0 Å². The molecule has 0 spiro atoms. The highest BCUT2D eigenvalue weighted by molar-refractivity contribution is 6.39. The summed E-state index contributed by atoms with van der Waals surface area (Å²) in [6, 6.07) is 120. The summed E-state index contributed by atoms with van der Waals surface area (Å²) in [6.07, 6.45) is 0. The van der Waals surface area contributed by atoms with E-state index >= 15 is 0 Å². The van der Waals surface area contributed by atoms with Crippen LogP contribution in [0, 0.1) is 0 Å². The van der Waals surface area contributed by atoms with Gasteiger partial charge in [0.2, 0.25) is 0 Å². The molecule has 0 N–H and O–H groups in total. The van der Waals surface area contributed by atoms with Crippen molar-refractivity contribution in [2.75, 3.05) is 9.80 Å². The standard InChI is InChI=1S/C84H54N4/c1-7-23-55(24-8-1)58-43-49-64(50-44-58)85(63-33-17-6-18-34-63)71-39-21-41-73-77(71)67-35-19-37-69-79-76(62-31-15-5-16-32-62)84-80(75(61-29-13-4-14-30-61)83(79)87(73)81(67)69)70-38-20-36-68-78-72(40-22-42-74(78)88(84)82(68)70)86(65-51-45-59(46-52-65)56-25-9-2-10-26-56)66-53-47-60(48-54-66)57-27-11-3-12-28-57/h1-54H. The van der Waals surface area contributed by atoms with Crippen molar-refractivity contribution < 1.29 is 0 Å². The van der Waals surface area contributed by atoms with Crippen molar-refractivity contribution in [3.8, 4) is 55.6 Å². The quantitative estimate of drug-likeness (QED) is 0.128. The van der Waals surface area contributed by atoms with E-state index in [-0.39, 0.29) is 0 Å². The summed E-state index contributed by atoms with van der Waals surface area (Å²) < 4.78 is 5.26. The third-order valence-electron chi connectivity index (χ3n) is 18.3. The lowest BCUT2D eigenvalue weighted by Gasteiger charge is -2.27. The molecule has 0 aliphatic heterocycles. The van der Waals surface area contributed by atoms with Gasteiger partial charge in [0.25, 0.3) is 0 Å². The maximum atomic E-state index is 2.63. The SMILES string of the molecule is c1ccc(-c2ccc(N(c3ccccc3)c3cccc4c3c3cccc5c6c(-c7ccccc7)c7c(c(-c8ccccc8)c6n4c35)c3cccc4c5c(N(c6ccc(-c8ccccc8)cc6)c6ccc(-c8ccccc8)cc6)cccc5n7c43)cc2)cc1. The van der Waals surface area contributed by atoms with Gasteiger partial charge in [-0.15, -0.1) is 0 Å². The number of rotatable bonds is 11. The molecule has 410 valence electrons. The number of para-hydroxylation sites is 3. The summed E-state index contributed by atoms with van der Waals surface area (Å²) in [4.78, 5) is 4.91. The second-order valence-electron chi connectivity index (χ2n) is 23.1. The molecule has 4 aromatic heterocycles. The normalized spacial score (nSPS) is 11.9. The molecule has 18 rings (SSSR count). The highest BCUT2D eigenvalue weighted by atomic mass is 15.2. The summed E-state index contributed by atoms with van der Waals surface area (Å²) in [5, 5.41) is 9.76. The van der Waals surface area contributed by atoms with E-state index < -0.39 is 0 Å². The van der Waals surface area contributed by atoms with Gasteiger partial charge in [-0.25, -0.2) is 0 Å². The van der Waals surface area contributed by atoms with E-state index in [1.807, 2.05) is 0 Å². The summed E-state index contributed by atoms with van der Waals surface area (Å²) in [7, 11) is 0. The first-order valence-electron chi connectivity index (χ1n) is 30.3. The molecule has 0 saturated carbocycles. The zero-order valence-electron chi connectivity index (χ0n) is 48.0. The van der Waals surface area contributed by atoms with Crippen molar-refractivity contribution in [2.24, 2.45) is 0 Å². The first-order valence-corrected chi connectivity index (χ1v) is 30.3. The molecule has 0 radical (unpaired) electrons. The van der Waals surface area contributed by atoms with Crippen LogP contribution in [-0.2, 0) is 0 Å². The molecule has 18 aromatic rings. The minimum atomic E-state index is 1.08. The Labute approximate surface area is 509 Å². The van der Waals surface area contributed by atoms with E-state index in [0.717, 1.165) is 45.2 Å². The predicted octanol–water partition coefficient (Wildman–Crippen LogP) is 23.3. The van der Waals surface area contributed by atoms with Gasteiger partial charge in [0.05, 0.1) is 44.5 Å². The zero-order chi connectivity index (χ0) is 57.8. The Hall–Kier alpha value is -11.7. The second kappa shape index (κ2) is 20.0. The predicted molar refractivity (Wildman–Crippen MR) is 372 cm³/mol. The fourth-order valence-corrected chi connectivity index (χ4v) is 14.6. The number of nitrogens with zero attached hydrogens (tertiary/aromatic N) is 4. The molecule has 4 heterocycles. The molecule has 4 nitrogen and oxygen atoms in total. The van der Waals surface area contributed by atoms with Crippen molar-refractivity contribution in [3.05, 3.63) is 328 Å². The number of hydrogen-bond acceptors (Lipinski definition) is 2. The molecule has 0 aliphatic rings. The first-order chi connectivity index (χ1) is 43.7. The zero-order valence-corrected chi connectivity index (χ0v) is 48.0. The van der Waals surface area contributed by atoms with Crippen molar-refractivity contribution in [1.82, 2.24) is 8.80 Å². The molecule has 14 aromatic carbocycles. The third kappa shape index (κ3) is 7.52. The van der Waals surface area contributed by atoms with Crippen molar-refractivity contribution in [1.29, 1.82) is 0 Å². The van der Waals surface area contributed by atoms with Crippen LogP contribution in [0.25, 0.3) is 132 Å². The van der Waals surface area contributed by atoms with Gasteiger partial charge in [0, 0.05) is 77.0 Å². The van der Waals surface area contributed by atoms with Crippen LogP contribution in [0.3, 0.4) is 0 Å². The molecule has 88 heavy (non-hydrogen) atoms. The summed E-state index contributed by atoms with van der Waals surface area (Å²) in [5.41, 5.74) is 25.7. The van der Waals surface area contributed by atoms with E-state index in [0.29, 0.717) is 0 Å². The molecule has 0 amide bonds. The average molecular weight is 1120 g/mol. The van der Waals surface area contributed by atoms with Gasteiger partial charge in [0.15, 0.2) is 0 Å². The largest absolute Gasteiger partial charge is 0.310 e. The van der Waals surface area contributed by atoms with Crippen LogP contribution in [0.15, 0.2) is 328 Å². The van der Waals surface area contributed by atoms with Crippen molar-refractivity contribution >= 4 is 110 Å². The Kier molecular flexibility index (Phi) is 11.3. The lowest BCUT2D eigenvalue weighted by molar-refractivity contribution is 1.29.